The molecule has 1 fully saturated rings. The summed E-state index contributed by atoms with van der Waals surface area (Å²) in [6, 6.07) is 13.6. The maximum absolute atomic E-state index is 11.3. The van der Waals surface area contributed by atoms with Gasteiger partial charge in [0.2, 0.25) is 0 Å². The Morgan fingerprint density at radius 1 is 1.06 bits per heavy atom. The van der Waals surface area contributed by atoms with Crippen LogP contribution < -0.4 is 10.1 Å². The first kappa shape index (κ1) is 23.4. The first-order chi connectivity index (χ1) is 14.8. The van der Waals surface area contributed by atoms with Gasteiger partial charge >= 0.3 is 5.97 Å². The number of aliphatic hydroxyl groups is 3. The number of carbonyl (C=O) groups is 1. The molecule has 2 aromatic rings. The van der Waals surface area contributed by atoms with Crippen molar-refractivity contribution in [2.75, 3.05) is 13.2 Å². The molecule has 0 spiro atoms. The van der Waals surface area contributed by atoms with Gasteiger partial charge in [0, 0.05) is 18.0 Å². The molecule has 31 heavy (non-hydrogen) atoms. The smallest absolute Gasteiger partial charge is 0.335 e. The number of rotatable bonds is 9. The molecule has 2 aromatic carbocycles. The van der Waals surface area contributed by atoms with Gasteiger partial charge in [-0.25, -0.2) is 4.79 Å². The Balaban J connectivity index is 1.73. The fraction of sp³-hybridized carbons (Fsp3) is 0.500. The summed E-state index contributed by atoms with van der Waals surface area (Å²) in [7, 11) is 0. The van der Waals surface area contributed by atoms with Crippen molar-refractivity contribution in [3.8, 4) is 5.75 Å². The van der Waals surface area contributed by atoms with E-state index < -0.39 is 42.8 Å². The van der Waals surface area contributed by atoms with E-state index in [1.165, 1.54) is 0 Å². The largest absolute Gasteiger partial charge is 0.490 e. The molecular formula is C22H29NO8. The normalized spacial score (nSPS) is 27.4. The third-order valence-electron chi connectivity index (χ3n) is 5.07. The van der Waals surface area contributed by atoms with Gasteiger partial charge in [-0.05, 0) is 11.5 Å². The Hall–Kier alpha value is -2.27. The lowest BCUT2D eigenvalue weighted by Crippen LogP contribution is -2.61. The van der Waals surface area contributed by atoms with E-state index in [1.54, 1.807) is 0 Å². The van der Waals surface area contributed by atoms with Crippen LogP contribution in [0, 0.1) is 0 Å². The summed E-state index contributed by atoms with van der Waals surface area (Å²) < 4.78 is 17.0. The van der Waals surface area contributed by atoms with E-state index >= 15 is 0 Å². The van der Waals surface area contributed by atoms with E-state index in [4.69, 9.17) is 14.2 Å². The quantitative estimate of drug-likeness (QED) is 0.381. The minimum atomic E-state index is -1.77. The molecule has 1 heterocycles. The Kier molecular flexibility index (Phi) is 7.82. The summed E-state index contributed by atoms with van der Waals surface area (Å²) in [5, 5.41) is 44.5. The number of aliphatic hydroxyl groups excluding tert-OH is 3. The van der Waals surface area contributed by atoms with Crippen LogP contribution in [-0.4, -0.2) is 82.4 Å². The second-order valence-electron chi connectivity index (χ2n) is 7.84. The lowest BCUT2D eigenvalue weighted by atomic mass is 9.99. The summed E-state index contributed by atoms with van der Waals surface area (Å²) in [4.78, 5) is 11.3. The van der Waals surface area contributed by atoms with Crippen molar-refractivity contribution in [1.29, 1.82) is 0 Å². The van der Waals surface area contributed by atoms with Crippen LogP contribution >= 0.6 is 0 Å². The number of ether oxygens (including phenoxy) is 3. The highest BCUT2D eigenvalue weighted by atomic mass is 16.7. The van der Waals surface area contributed by atoms with Gasteiger partial charge in [0.1, 0.15) is 36.8 Å². The Bertz CT molecular complexity index is 870. The van der Waals surface area contributed by atoms with Crippen LogP contribution in [0.1, 0.15) is 13.8 Å². The molecule has 0 unspecified atom stereocenters. The van der Waals surface area contributed by atoms with Crippen molar-refractivity contribution >= 4 is 16.7 Å². The second-order valence-corrected chi connectivity index (χ2v) is 7.84. The third-order valence-corrected chi connectivity index (χ3v) is 5.07. The molecule has 3 rings (SSSR count). The number of fused-ring (bicyclic) bond motifs is 1. The van der Waals surface area contributed by atoms with E-state index in [9.17, 15) is 25.2 Å². The minimum Gasteiger partial charge on any atom is -0.490 e. The van der Waals surface area contributed by atoms with E-state index in [0.717, 1.165) is 10.8 Å². The van der Waals surface area contributed by atoms with Crippen LogP contribution in [0.4, 0.5) is 0 Å². The first-order valence-electron chi connectivity index (χ1n) is 10.2. The molecule has 6 atom stereocenters. The SMILES string of the molecule is CC(C)NC[C@H](COc1cccc2ccccc12)O[C@@H]1O[C@H](C(=O)O)[C@@H](O)[C@H](O)[C@H]1O. The predicted octanol–water partition coefficient (Wildman–Crippen LogP) is 0.494. The molecule has 9 nitrogen and oxygen atoms in total. The molecule has 0 aliphatic carbocycles. The van der Waals surface area contributed by atoms with Gasteiger partial charge in [-0.15, -0.1) is 0 Å². The van der Waals surface area contributed by atoms with Crippen molar-refractivity contribution in [2.45, 2.75) is 56.7 Å². The fourth-order valence-electron chi connectivity index (χ4n) is 3.37. The van der Waals surface area contributed by atoms with Crippen LogP contribution in [0.2, 0.25) is 0 Å². The summed E-state index contributed by atoms with van der Waals surface area (Å²) in [5.74, 6) is -0.809. The van der Waals surface area contributed by atoms with Crippen LogP contribution in [0.5, 0.6) is 5.75 Å². The molecule has 0 saturated carbocycles. The first-order valence-corrected chi connectivity index (χ1v) is 10.2. The molecule has 0 amide bonds. The van der Waals surface area contributed by atoms with Gasteiger partial charge in [0.05, 0.1) is 0 Å². The Morgan fingerprint density at radius 2 is 1.77 bits per heavy atom. The van der Waals surface area contributed by atoms with Crippen LogP contribution in [0.25, 0.3) is 10.8 Å². The zero-order chi connectivity index (χ0) is 22.5. The molecular weight excluding hydrogens is 406 g/mol. The highest BCUT2D eigenvalue weighted by Crippen LogP contribution is 2.26. The molecule has 170 valence electrons. The average Bonchev–Trinajstić information content (AvgIpc) is 2.75. The van der Waals surface area contributed by atoms with Gasteiger partial charge in [0.25, 0.3) is 0 Å². The molecule has 9 heteroatoms. The van der Waals surface area contributed by atoms with E-state index in [1.807, 2.05) is 56.3 Å². The highest BCUT2D eigenvalue weighted by molar-refractivity contribution is 5.88. The summed E-state index contributed by atoms with van der Waals surface area (Å²) in [5.41, 5.74) is 0. The van der Waals surface area contributed by atoms with Gasteiger partial charge < -0.3 is 40.0 Å². The third kappa shape index (κ3) is 5.70. The van der Waals surface area contributed by atoms with Crippen LogP contribution in [-0.2, 0) is 14.3 Å². The number of carboxylic acid groups (broad SMARTS) is 1. The molecule has 1 aliphatic rings. The number of nitrogens with one attached hydrogen (secondary N) is 1. The molecule has 5 N–H and O–H groups in total. The molecule has 0 radical (unpaired) electrons. The van der Waals surface area contributed by atoms with Crippen molar-refractivity contribution < 1.29 is 39.4 Å². The topological polar surface area (TPSA) is 138 Å². The van der Waals surface area contributed by atoms with E-state index in [2.05, 4.69) is 5.32 Å². The molecule has 1 saturated heterocycles. The zero-order valence-electron chi connectivity index (χ0n) is 17.4. The predicted molar refractivity (Wildman–Crippen MR) is 112 cm³/mol. The Morgan fingerprint density at radius 3 is 2.48 bits per heavy atom. The van der Waals surface area contributed by atoms with Gasteiger partial charge in [-0.2, -0.15) is 0 Å². The molecule has 0 bridgehead atoms. The number of hydrogen-bond acceptors (Lipinski definition) is 8. The monoisotopic (exact) mass is 435 g/mol. The van der Waals surface area contributed by atoms with Crippen molar-refractivity contribution in [3.63, 3.8) is 0 Å². The molecule has 1 aliphatic heterocycles. The van der Waals surface area contributed by atoms with Gasteiger partial charge in [-0.3, -0.25) is 0 Å². The van der Waals surface area contributed by atoms with Crippen molar-refractivity contribution in [1.82, 2.24) is 5.32 Å². The standard InChI is InChI=1S/C22H29NO8/c1-12(2)23-10-14(11-29-16-9-5-7-13-6-3-4-8-15(13)16)30-22-19(26)17(24)18(25)20(31-22)21(27)28/h3-9,12,14,17-20,22-26H,10-11H2,1-2H3,(H,27,28)/t14-,17+,18+,19-,20+,22-/m1/s1. The van der Waals surface area contributed by atoms with Crippen molar-refractivity contribution in [3.05, 3.63) is 42.5 Å². The maximum Gasteiger partial charge on any atom is 0.335 e. The summed E-state index contributed by atoms with van der Waals surface area (Å²) in [6.45, 7) is 4.31. The van der Waals surface area contributed by atoms with E-state index in [-0.39, 0.29) is 12.6 Å². The minimum absolute atomic E-state index is 0.0801. The lowest BCUT2D eigenvalue weighted by Gasteiger charge is -2.39. The lowest BCUT2D eigenvalue weighted by molar-refractivity contribution is -0.305. The maximum atomic E-state index is 11.3. The number of benzene rings is 2. The zero-order valence-corrected chi connectivity index (χ0v) is 17.4. The fourth-order valence-corrected chi connectivity index (χ4v) is 3.37. The Labute approximate surface area is 180 Å². The molecule has 0 aromatic heterocycles. The van der Waals surface area contributed by atoms with Crippen molar-refractivity contribution in [2.24, 2.45) is 0 Å². The van der Waals surface area contributed by atoms with Crippen LogP contribution in [0.15, 0.2) is 42.5 Å². The number of carboxylic acids is 1. The second kappa shape index (κ2) is 10.4. The highest BCUT2D eigenvalue weighted by Gasteiger charge is 2.48. The van der Waals surface area contributed by atoms with Crippen LogP contribution in [0.3, 0.4) is 0 Å². The number of hydrogen-bond donors (Lipinski definition) is 5. The van der Waals surface area contributed by atoms with Gasteiger partial charge in [0.15, 0.2) is 12.4 Å². The number of aliphatic carboxylic acids is 1. The van der Waals surface area contributed by atoms with E-state index in [0.29, 0.717) is 12.3 Å². The summed E-state index contributed by atoms with van der Waals surface area (Å²) >= 11 is 0. The summed E-state index contributed by atoms with van der Waals surface area (Å²) in [6.07, 6.45) is -8.93. The van der Waals surface area contributed by atoms with Gasteiger partial charge in [-0.1, -0.05) is 50.2 Å². The average molecular weight is 435 g/mol.